The van der Waals surface area contributed by atoms with Gasteiger partial charge in [0, 0.05) is 17.6 Å². The van der Waals surface area contributed by atoms with E-state index in [1.165, 1.54) is 5.56 Å². The van der Waals surface area contributed by atoms with Crippen LogP contribution in [0.4, 0.5) is 36.3 Å². The third kappa shape index (κ3) is 5.47. The quantitative estimate of drug-likeness (QED) is 0.475. The van der Waals surface area contributed by atoms with Gasteiger partial charge in [0.05, 0.1) is 0 Å². The Hall–Kier alpha value is -3.09. The highest BCUT2D eigenvalue weighted by atomic mass is 19.4. The molecule has 1 heterocycles. The van der Waals surface area contributed by atoms with Crippen molar-refractivity contribution in [2.75, 3.05) is 10.6 Å². The van der Waals surface area contributed by atoms with Crippen molar-refractivity contribution in [3.8, 4) is 0 Å². The molecule has 29 heavy (non-hydrogen) atoms. The van der Waals surface area contributed by atoms with Gasteiger partial charge < -0.3 is 10.6 Å². The Bertz CT molecular complexity index is 936. The summed E-state index contributed by atoms with van der Waals surface area (Å²) in [7, 11) is 0. The van der Waals surface area contributed by atoms with Crippen molar-refractivity contribution in [1.82, 2.24) is 9.97 Å². The van der Waals surface area contributed by atoms with Crippen molar-refractivity contribution in [3.05, 3.63) is 71.4 Å². The Balaban J connectivity index is 1.86. The van der Waals surface area contributed by atoms with Gasteiger partial charge in [0.25, 0.3) is 0 Å². The lowest BCUT2D eigenvalue weighted by Gasteiger charge is -2.15. The molecule has 7 heteroatoms. The molecule has 0 aliphatic heterocycles. The largest absolute Gasteiger partial charge is 0.421 e. The van der Waals surface area contributed by atoms with Gasteiger partial charge in [0.15, 0.2) is 0 Å². The Morgan fingerprint density at radius 2 is 1.41 bits per heavy atom. The van der Waals surface area contributed by atoms with Gasteiger partial charge >= 0.3 is 6.18 Å². The molecule has 0 amide bonds. The van der Waals surface area contributed by atoms with Crippen molar-refractivity contribution in [2.24, 2.45) is 0 Å². The molecule has 0 spiro atoms. The molecule has 152 valence electrons. The summed E-state index contributed by atoms with van der Waals surface area (Å²) in [5.74, 6) is -0.198. The fourth-order valence-corrected chi connectivity index (χ4v) is 2.88. The maximum Gasteiger partial charge on any atom is 0.421 e. The van der Waals surface area contributed by atoms with Crippen LogP contribution in [0.25, 0.3) is 0 Å². The number of aromatic nitrogens is 2. The smallest absolute Gasteiger partial charge is 0.340 e. The number of alkyl halides is 3. The summed E-state index contributed by atoms with van der Waals surface area (Å²) in [5, 5.41) is 5.74. The molecule has 0 fully saturated rings. The number of benzene rings is 2. The number of aryl methyl sites for hydroxylation is 2. The summed E-state index contributed by atoms with van der Waals surface area (Å²) >= 11 is 0. The van der Waals surface area contributed by atoms with Gasteiger partial charge in [0.2, 0.25) is 5.95 Å². The van der Waals surface area contributed by atoms with E-state index >= 15 is 0 Å². The van der Waals surface area contributed by atoms with Gasteiger partial charge in [0.1, 0.15) is 11.4 Å². The molecule has 0 atom stereocenters. The first-order chi connectivity index (χ1) is 13.9. The van der Waals surface area contributed by atoms with Gasteiger partial charge in [-0.1, -0.05) is 44.5 Å². The third-order valence-electron chi connectivity index (χ3n) is 4.47. The van der Waals surface area contributed by atoms with Crippen LogP contribution < -0.4 is 10.6 Å². The van der Waals surface area contributed by atoms with Crippen molar-refractivity contribution in [3.63, 3.8) is 0 Å². The van der Waals surface area contributed by atoms with E-state index in [0.717, 1.165) is 31.0 Å². The van der Waals surface area contributed by atoms with Crippen LogP contribution in [0.15, 0.2) is 54.7 Å². The normalized spacial score (nSPS) is 11.3. The maximum absolute atomic E-state index is 13.4. The first-order valence-corrected chi connectivity index (χ1v) is 9.55. The predicted octanol–water partition coefficient (Wildman–Crippen LogP) is 6.50. The molecule has 0 radical (unpaired) electrons. The average Bonchev–Trinajstić information content (AvgIpc) is 2.69. The molecule has 1 aromatic heterocycles. The molecule has 2 N–H and O–H groups in total. The summed E-state index contributed by atoms with van der Waals surface area (Å²) < 4.78 is 40.2. The molecule has 0 unspecified atom stereocenters. The van der Waals surface area contributed by atoms with Crippen LogP contribution in [0.1, 0.15) is 37.0 Å². The van der Waals surface area contributed by atoms with Gasteiger partial charge in [-0.25, -0.2) is 4.98 Å². The average molecular weight is 400 g/mol. The van der Waals surface area contributed by atoms with E-state index < -0.39 is 11.7 Å². The van der Waals surface area contributed by atoms with E-state index in [4.69, 9.17) is 0 Å². The zero-order chi connectivity index (χ0) is 20.9. The summed E-state index contributed by atoms with van der Waals surface area (Å²) in [6.45, 7) is 4.12. The lowest BCUT2D eigenvalue weighted by molar-refractivity contribution is -0.137. The second-order valence-corrected chi connectivity index (χ2v) is 6.70. The zero-order valence-electron chi connectivity index (χ0n) is 16.3. The predicted molar refractivity (Wildman–Crippen MR) is 110 cm³/mol. The summed E-state index contributed by atoms with van der Waals surface area (Å²) in [5.41, 5.74) is 2.62. The molecule has 2 aromatic carbocycles. The van der Waals surface area contributed by atoms with Crippen LogP contribution in [-0.4, -0.2) is 9.97 Å². The van der Waals surface area contributed by atoms with E-state index in [0.29, 0.717) is 11.4 Å². The van der Waals surface area contributed by atoms with Crippen LogP contribution in [0, 0.1) is 0 Å². The van der Waals surface area contributed by atoms with E-state index in [-0.39, 0.29) is 11.8 Å². The highest BCUT2D eigenvalue weighted by Crippen LogP contribution is 2.35. The second kappa shape index (κ2) is 8.94. The molecule has 0 saturated carbocycles. The van der Waals surface area contributed by atoms with E-state index in [1.807, 2.05) is 43.3 Å². The Labute approximate surface area is 168 Å². The van der Waals surface area contributed by atoms with Gasteiger partial charge in [-0.2, -0.15) is 18.2 Å². The van der Waals surface area contributed by atoms with Crippen LogP contribution >= 0.6 is 0 Å². The topological polar surface area (TPSA) is 49.8 Å². The SMILES string of the molecule is CCCc1ccc(Nc2ncc(C(F)(F)F)c(Nc3ccc(CC)cc3)n2)cc1. The number of hydrogen-bond acceptors (Lipinski definition) is 4. The van der Waals surface area contributed by atoms with Gasteiger partial charge in [-0.15, -0.1) is 0 Å². The number of halogens is 3. The lowest BCUT2D eigenvalue weighted by Crippen LogP contribution is -2.12. The van der Waals surface area contributed by atoms with E-state index in [9.17, 15) is 13.2 Å². The molecule has 0 aliphatic rings. The summed E-state index contributed by atoms with van der Waals surface area (Å²) in [6.07, 6.45) is -0.896. The lowest BCUT2D eigenvalue weighted by atomic mass is 10.1. The van der Waals surface area contributed by atoms with Gasteiger partial charge in [-0.3, -0.25) is 0 Å². The van der Waals surface area contributed by atoms with Crippen molar-refractivity contribution in [1.29, 1.82) is 0 Å². The fraction of sp³-hybridized carbons (Fsp3) is 0.273. The number of anilines is 4. The standard InChI is InChI=1S/C22H23F3N4/c1-3-5-16-8-12-18(13-9-16)28-21-26-14-19(22(23,24)25)20(29-21)27-17-10-6-15(4-2)7-11-17/h6-14H,3-5H2,1-2H3,(H2,26,27,28,29). The number of nitrogens with one attached hydrogen (secondary N) is 2. The first-order valence-electron chi connectivity index (χ1n) is 9.55. The Morgan fingerprint density at radius 1 is 0.828 bits per heavy atom. The Morgan fingerprint density at radius 3 is 1.97 bits per heavy atom. The molecule has 3 rings (SSSR count). The van der Waals surface area contributed by atoms with Crippen molar-refractivity contribution < 1.29 is 13.2 Å². The molecule has 0 saturated heterocycles. The number of nitrogens with zero attached hydrogens (tertiary/aromatic N) is 2. The second-order valence-electron chi connectivity index (χ2n) is 6.70. The monoisotopic (exact) mass is 400 g/mol. The molecule has 0 bridgehead atoms. The fourth-order valence-electron chi connectivity index (χ4n) is 2.88. The maximum atomic E-state index is 13.4. The minimum Gasteiger partial charge on any atom is -0.340 e. The third-order valence-corrected chi connectivity index (χ3v) is 4.47. The molecule has 0 aliphatic carbocycles. The minimum absolute atomic E-state index is 0.0916. The molecule has 4 nitrogen and oxygen atoms in total. The highest BCUT2D eigenvalue weighted by molar-refractivity contribution is 5.63. The summed E-state index contributed by atoms with van der Waals surface area (Å²) in [4.78, 5) is 7.92. The Kier molecular flexibility index (Phi) is 6.36. The molecular formula is C22H23F3N4. The van der Waals surface area contributed by atoms with Crippen LogP contribution in [-0.2, 0) is 19.0 Å². The molecule has 3 aromatic rings. The minimum atomic E-state index is -4.56. The zero-order valence-corrected chi connectivity index (χ0v) is 16.3. The van der Waals surface area contributed by atoms with E-state index in [2.05, 4.69) is 27.5 Å². The van der Waals surface area contributed by atoms with E-state index in [1.54, 1.807) is 12.1 Å². The van der Waals surface area contributed by atoms with Crippen molar-refractivity contribution in [2.45, 2.75) is 39.3 Å². The van der Waals surface area contributed by atoms with Crippen LogP contribution in [0.3, 0.4) is 0 Å². The van der Waals surface area contributed by atoms with Crippen molar-refractivity contribution >= 4 is 23.1 Å². The van der Waals surface area contributed by atoms with Crippen LogP contribution in [0.5, 0.6) is 0 Å². The summed E-state index contributed by atoms with van der Waals surface area (Å²) in [6, 6.07) is 14.9. The van der Waals surface area contributed by atoms with Crippen LogP contribution in [0.2, 0.25) is 0 Å². The first kappa shape index (κ1) is 20.6. The van der Waals surface area contributed by atoms with Gasteiger partial charge in [-0.05, 0) is 48.2 Å². The molecular weight excluding hydrogens is 377 g/mol. The highest BCUT2D eigenvalue weighted by Gasteiger charge is 2.35. The number of hydrogen-bond donors (Lipinski definition) is 2. The number of rotatable bonds is 7.